The van der Waals surface area contributed by atoms with E-state index in [1.54, 1.807) is 12.1 Å². The quantitative estimate of drug-likeness (QED) is 0.854. The number of halogens is 1. The molecule has 1 heterocycles. The fourth-order valence-corrected chi connectivity index (χ4v) is 2.32. The Labute approximate surface area is 117 Å². The van der Waals surface area contributed by atoms with Crippen LogP contribution in [0.3, 0.4) is 0 Å². The van der Waals surface area contributed by atoms with Crippen molar-refractivity contribution in [2.45, 2.75) is 12.5 Å². The molecular weight excluding hydrogens is 263 g/mol. The first-order chi connectivity index (χ1) is 9.38. The van der Waals surface area contributed by atoms with Crippen molar-refractivity contribution in [3.05, 3.63) is 30.1 Å². The monoisotopic (exact) mass is 282 g/mol. The van der Waals surface area contributed by atoms with Crippen LogP contribution in [0.4, 0.5) is 10.1 Å². The molecule has 6 heteroatoms. The van der Waals surface area contributed by atoms with Crippen molar-refractivity contribution in [1.29, 1.82) is 0 Å². The Morgan fingerprint density at radius 1 is 1.25 bits per heavy atom. The van der Waals surface area contributed by atoms with Crippen LogP contribution in [0.25, 0.3) is 0 Å². The molecule has 0 spiro atoms. The van der Waals surface area contributed by atoms with Crippen LogP contribution in [0.5, 0.6) is 0 Å². The minimum absolute atomic E-state index is 0.111. The van der Waals surface area contributed by atoms with E-state index in [2.05, 4.69) is 4.90 Å². The lowest BCUT2D eigenvalue weighted by Gasteiger charge is -2.38. The van der Waals surface area contributed by atoms with E-state index in [9.17, 15) is 14.3 Å². The Morgan fingerprint density at radius 3 is 2.30 bits per heavy atom. The van der Waals surface area contributed by atoms with Gasteiger partial charge in [-0.3, -0.25) is 4.90 Å². The van der Waals surface area contributed by atoms with Gasteiger partial charge in [-0.15, -0.1) is 0 Å². The molecule has 0 radical (unpaired) electrons. The molecule has 0 aromatic heterocycles. The predicted octanol–water partition coefficient (Wildman–Crippen LogP) is 0.783. The van der Waals surface area contributed by atoms with Crippen LogP contribution in [0.1, 0.15) is 6.92 Å². The van der Waals surface area contributed by atoms with Gasteiger partial charge in [-0.05, 0) is 31.2 Å². The summed E-state index contributed by atoms with van der Waals surface area (Å²) in [7, 11) is 0. The summed E-state index contributed by atoms with van der Waals surface area (Å²) in [5, 5.41) is 18.7. The number of β-amino-alcohol motifs (C(OH)–C–C–N with tert-alkyl or cyclic N) is 1. The number of rotatable bonds is 4. The highest BCUT2D eigenvalue weighted by Crippen LogP contribution is 2.18. The predicted molar refractivity (Wildman–Crippen MR) is 73.3 cm³/mol. The summed E-state index contributed by atoms with van der Waals surface area (Å²) in [5.41, 5.74) is -0.769. The van der Waals surface area contributed by atoms with Gasteiger partial charge in [0.1, 0.15) is 5.82 Å². The Balaban J connectivity index is 1.89. The second kappa shape index (κ2) is 5.76. The molecule has 2 N–H and O–H groups in total. The van der Waals surface area contributed by atoms with Crippen LogP contribution in [0.15, 0.2) is 24.3 Å². The van der Waals surface area contributed by atoms with Crippen LogP contribution >= 0.6 is 0 Å². The number of hydrogen-bond acceptors (Lipinski definition) is 4. The van der Waals surface area contributed by atoms with E-state index in [0.29, 0.717) is 13.1 Å². The van der Waals surface area contributed by atoms with Crippen molar-refractivity contribution in [3.63, 3.8) is 0 Å². The summed E-state index contributed by atoms with van der Waals surface area (Å²) in [5.74, 6) is -1.47. The second-order valence-corrected chi connectivity index (χ2v) is 5.32. The average Bonchev–Trinajstić information content (AvgIpc) is 2.40. The molecule has 1 unspecified atom stereocenters. The highest BCUT2D eigenvalue weighted by atomic mass is 19.1. The standard InChI is InChI=1S/C14H19FN2O3/c1-14(20,13(18)19)10-16-6-8-17(9-7-16)12-4-2-11(15)3-5-12/h2-5,20H,6-10H2,1H3,(H,18,19). The zero-order chi connectivity index (χ0) is 14.8. The van der Waals surface area contributed by atoms with Gasteiger partial charge in [-0.2, -0.15) is 0 Å². The number of anilines is 1. The van der Waals surface area contributed by atoms with Gasteiger partial charge in [0.15, 0.2) is 5.60 Å². The zero-order valence-corrected chi connectivity index (χ0v) is 11.4. The summed E-state index contributed by atoms with van der Waals surface area (Å²) in [6, 6.07) is 6.32. The van der Waals surface area contributed by atoms with Gasteiger partial charge in [-0.25, -0.2) is 9.18 Å². The van der Waals surface area contributed by atoms with Gasteiger partial charge in [0.05, 0.1) is 0 Å². The van der Waals surface area contributed by atoms with Gasteiger partial charge >= 0.3 is 5.97 Å². The molecule has 0 bridgehead atoms. The van der Waals surface area contributed by atoms with Crippen molar-refractivity contribution < 1.29 is 19.4 Å². The summed E-state index contributed by atoms with van der Waals surface area (Å²) in [6.45, 7) is 4.20. The second-order valence-electron chi connectivity index (χ2n) is 5.32. The van der Waals surface area contributed by atoms with Gasteiger partial charge in [0, 0.05) is 38.4 Å². The van der Waals surface area contributed by atoms with E-state index in [1.165, 1.54) is 19.1 Å². The number of carboxylic acids is 1. The molecule has 1 aliphatic heterocycles. The Bertz CT molecular complexity index is 468. The fourth-order valence-electron chi connectivity index (χ4n) is 2.32. The summed E-state index contributed by atoms with van der Waals surface area (Å²) < 4.78 is 12.9. The molecule has 0 amide bonds. The minimum atomic E-state index is -1.72. The Kier molecular flexibility index (Phi) is 4.25. The van der Waals surface area contributed by atoms with Crippen molar-refractivity contribution in [3.8, 4) is 0 Å². The minimum Gasteiger partial charge on any atom is -0.479 e. The molecule has 1 fully saturated rings. The lowest BCUT2D eigenvalue weighted by Crippen LogP contribution is -2.53. The van der Waals surface area contributed by atoms with Crippen LogP contribution in [0.2, 0.25) is 0 Å². The number of carbonyl (C=O) groups is 1. The average molecular weight is 282 g/mol. The summed E-state index contributed by atoms with van der Waals surface area (Å²) in [6.07, 6.45) is 0. The fraction of sp³-hybridized carbons (Fsp3) is 0.500. The van der Waals surface area contributed by atoms with Crippen molar-refractivity contribution in [2.75, 3.05) is 37.6 Å². The maximum Gasteiger partial charge on any atom is 0.336 e. The van der Waals surface area contributed by atoms with Gasteiger partial charge in [-0.1, -0.05) is 0 Å². The van der Waals surface area contributed by atoms with Gasteiger partial charge < -0.3 is 15.1 Å². The van der Waals surface area contributed by atoms with Crippen molar-refractivity contribution in [1.82, 2.24) is 4.90 Å². The summed E-state index contributed by atoms with van der Waals surface area (Å²) >= 11 is 0. The molecule has 1 aromatic rings. The van der Waals surface area contributed by atoms with E-state index in [0.717, 1.165) is 18.8 Å². The van der Waals surface area contributed by atoms with Gasteiger partial charge in [0.25, 0.3) is 0 Å². The third-order valence-corrected chi connectivity index (χ3v) is 3.56. The first-order valence-corrected chi connectivity index (χ1v) is 6.57. The lowest BCUT2D eigenvalue weighted by atomic mass is 10.1. The van der Waals surface area contributed by atoms with Crippen LogP contribution < -0.4 is 4.90 Å². The molecule has 5 nitrogen and oxygen atoms in total. The molecule has 1 saturated heterocycles. The van der Waals surface area contributed by atoms with E-state index in [4.69, 9.17) is 5.11 Å². The number of carboxylic acid groups (broad SMARTS) is 1. The van der Waals surface area contributed by atoms with E-state index < -0.39 is 11.6 Å². The molecule has 1 aromatic carbocycles. The number of piperazine rings is 1. The van der Waals surface area contributed by atoms with Crippen molar-refractivity contribution >= 4 is 11.7 Å². The Hall–Kier alpha value is -1.66. The molecule has 2 rings (SSSR count). The molecule has 110 valence electrons. The number of benzene rings is 1. The number of nitrogens with zero attached hydrogens (tertiary/aromatic N) is 2. The highest BCUT2D eigenvalue weighted by molar-refractivity contribution is 5.76. The van der Waals surface area contributed by atoms with Crippen LogP contribution in [-0.2, 0) is 4.79 Å². The number of aliphatic hydroxyl groups is 1. The molecule has 1 atom stereocenters. The first-order valence-electron chi connectivity index (χ1n) is 6.57. The van der Waals surface area contributed by atoms with Crippen molar-refractivity contribution in [2.24, 2.45) is 0 Å². The van der Waals surface area contributed by atoms with E-state index in [1.807, 2.05) is 4.90 Å². The van der Waals surface area contributed by atoms with Crippen LogP contribution in [-0.4, -0.2) is 59.4 Å². The molecule has 20 heavy (non-hydrogen) atoms. The molecular formula is C14H19FN2O3. The number of aliphatic carboxylic acids is 1. The first kappa shape index (κ1) is 14.7. The number of hydrogen-bond donors (Lipinski definition) is 2. The maximum atomic E-state index is 12.9. The van der Waals surface area contributed by atoms with Crippen LogP contribution in [0, 0.1) is 5.82 Å². The normalized spacial score (nSPS) is 19.6. The molecule has 0 saturated carbocycles. The third kappa shape index (κ3) is 3.46. The smallest absolute Gasteiger partial charge is 0.336 e. The van der Waals surface area contributed by atoms with E-state index >= 15 is 0 Å². The summed E-state index contributed by atoms with van der Waals surface area (Å²) in [4.78, 5) is 14.9. The van der Waals surface area contributed by atoms with Gasteiger partial charge in [0.2, 0.25) is 0 Å². The molecule has 1 aliphatic rings. The largest absolute Gasteiger partial charge is 0.479 e. The lowest BCUT2D eigenvalue weighted by molar-refractivity contribution is -0.158. The highest BCUT2D eigenvalue weighted by Gasteiger charge is 2.33. The zero-order valence-electron chi connectivity index (χ0n) is 11.4. The molecule has 0 aliphatic carbocycles. The third-order valence-electron chi connectivity index (χ3n) is 3.56. The van der Waals surface area contributed by atoms with E-state index in [-0.39, 0.29) is 12.4 Å². The Morgan fingerprint density at radius 2 is 1.80 bits per heavy atom. The topological polar surface area (TPSA) is 64.0 Å². The maximum absolute atomic E-state index is 12.9. The SMILES string of the molecule is CC(O)(CN1CCN(c2ccc(F)cc2)CC1)C(=O)O.